The van der Waals surface area contributed by atoms with Gasteiger partial charge in [-0.3, -0.25) is 9.52 Å². The quantitative estimate of drug-likeness (QED) is 0.704. The number of benzene rings is 2. The molecular formula is C17H13BrN4O3S. The molecule has 0 saturated heterocycles. The van der Waals surface area contributed by atoms with Crippen LogP contribution in [0, 0.1) is 22.7 Å². The van der Waals surface area contributed by atoms with E-state index in [-0.39, 0.29) is 29.2 Å². The average molecular weight is 433 g/mol. The highest BCUT2D eigenvalue weighted by atomic mass is 79.9. The Balaban J connectivity index is 2.17. The average Bonchev–Trinajstić information content (AvgIpc) is 2.61. The van der Waals surface area contributed by atoms with Gasteiger partial charge in [0.1, 0.15) is 13.1 Å². The Bertz CT molecular complexity index is 959. The molecule has 132 valence electrons. The van der Waals surface area contributed by atoms with Gasteiger partial charge in [-0.15, -0.1) is 0 Å². The third-order valence-electron chi connectivity index (χ3n) is 3.32. The summed E-state index contributed by atoms with van der Waals surface area (Å²) in [5, 5.41) is 17.4. The third kappa shape index (κ3) is 4.82. The van der Waals surface area contributed by atoms with Crippen molar-refractivity contribution in [1.29, 1.82) is 10.5 Å². The Labute approximate surface area is 159 Å². The summed E-state index contributed by atoms with van der Waals surface area (Å²) in [5.74, 6) is -0.476. The number of halogens is 1. The molecule has 1 amide bonds. The molecule has 1 N–H and O–H groups in total. The number of nitriles is 2. The van der Waals surface area contributed by atoms with Gasteiger partial charge in [-0.05, 0) is 48.5 Å². The number of carbonyl (C=O) groups excluding carboxylic acids is 1. The molecule has 0 atom stereocenters. The molecule has 26 heavy (non-hydrogen) atoms. The van der Waals surface area contributed by atoms with E-state index in [9.17, 15) is 13.2 Å². The van der Waals surface area contributed by atoms with Gasteiger partial charge in [0, 0.05) is 15.7 Å². The molecule has 0 spiro atoms. The van der Waals surface area contributed by atoms with Crippen molar-refractivity contribution in [2.75, 3.05) is 17.8 Å². The summed E-state index contributed by atoms with van der Waals surface area (Å²) in [6.07, 6.45) is 0. The number of hydrogen-bond acceptors (Lipinski definition) is 5. The van der Waals surface area contributed by atoms with Gasteiger partial charge in [0.2, 0.25) is 0 Å². The monoisotopic (exact) mass is 432 g/mol. The van der Waals surface area contributed by atoms with E-state index in [1.807, 2.05) is 12.1 Å². The summed E-state index contributed by atoms with van der Waals surface area (Å²) in [5.41, 5.74) is 0.540. The second-order valence-corrected chi connectivity index (χ2v) is 7.71. The number of rotatable bonds is 6. The van der Waals surface area contributed by atoms with Crippen molar-refractivity contribution in [2.24, 2.45) is 0 Å². The van der Waals surface area contributed by atoms with Crippen molar-refractivity contribution in [3.05, 3.63) is 58.6 Å². The molecule has 0 unspecified atom stereocenters. The largest absolute Gasteiger partial charge is 0.312 e. The maximum Gasteiger partial charge on any atom is 0.261 e. The molecule has 0 fully saturated rings. The van der Waals surface area contributed by atoms with Crippen LogP contribution in [0.4, 0.5) is 5.69 Å². The van der Waals surface area contributed by atoms with E-state index in [1.165, 1.54) is 36.4 Å². The van der Waals surface area contributed by atoms with E-state index in [0.717, 1.165) is 9.37 Å². The molecular weight excluding hydrogens is 420 g/mol. The number of nitrogens with one attached hydrogen (secondary N) is 1. The number of sulfonamides is 1. The van der Waals surface area contributed by atoms with E-state index in [0.29, 0.717) is 0 Å². The van der Waals surface area contributed by atoms with E-state index in [4.69, 9.17) is 10.5 Å². The first-order valence-electron chi connectivity index (χ1n) is 7.29. The minimum absolute atomic E-state index is 0.107. The summed E-state index contributed by atoms with van der Waals surface area (Å²) in [7, 11) is -3.75. The van der Waals surface area contributed by atoms with Crippen LogP contribution >= 0.6 is 15.9 Å². The Morgan fingerprint density at radius 3 is 2.04 bits per heavy atom. The summed E-state index contributed by atoms with van der Waals surface area (Å²) in [6, 6.07) is 15.6. The van der Waals surface area contributed by atoms with Gasteiger partial charge in [0.05, 0.1) is 17.0 Å². The number of nitrogens with zero attached hydrogens (tertiary/aromatic N) is 3. The second-order valence-electron chi connectivity index (χ2n) is 5.11. The van der Waals surface area contributed by atoms with Gasteiger partial charge in [-0.25, -0.2) is 8.42 Å². The van der Waals surface area contributed by atoms with Gasteiger partial charge in [-0.2, -0.15) is 10.5 Å². The molecule has 0 aliphatic rings. The third-order valence-corrected chi connectivity index (χ3v) is 5.24. The van der Waals surface area contributed by atoms with Crippen LogP contribution in [-0.4, -0.2) is 32.3 Å². The summed E-state index contributed by atoms with van der Waals surface area (Å²) >= 11 is 3.24. The Kier molecular flexibility index (Phi) is 6.34. The number of amides is 1. The molecule has 0 heterocycles. The first-order valence-corrected chi connectivity index (χ1v) is 9.56. The molecule has 7 nitrogen and oxygen atoms in total. The molecule has 2 aromatic rings. The van der Waals surface area contributed by atoms with Gasteiger partial charge in [-0.1, -0.05) is 15.9 Å². The summed E-state index contributed by atoms with van der Waals surface area (Å²) in [4.78, 5) is 13.5. The fourth-order valence-electron chi connectivity index (χ4n) is 2.06. The van der Waals surface area contributed by atoms with Gasteiger partial charge < -0.3 is 4.90 Å². The van der Waals surface area contributed by atoms with Crippen LogP contribution in [0.1, 0.15) is 10.4 Å². The minimum Gasteiger partial charge on any atom is -0.312 e. The van der Waals surface area contributed by atoms with E-state index in [2.05, 4.69) is 20.7 Å². The second kappa shape index (κ2) is 8.48. The summed E-state index contributed by atoms with van der Waals surface area (Å²) in [6.45, 7) is -0.408. The van der Waals surface area contributed by atoms with Crippen LogP contribution in [0.2, 0.25) is 0 Å². The predicted molar refractivity (Wildman–Crippen MR) is 98.5 cm³/mol. The minimum atomic E-state index is -3.75. The Morgan fingerprint density at radius 2 is 1.54 bits per heavy atom. The lowest BCUT2D eigenvalue weighted by atomic mass is 10.2. The van der Waals surface area contributed by atoms with Crippen molar-refractivity contribution in [2.45, 2.75) is 4.90 Å². The van der Waals surface area contributed by atoms with Gasteiger partial charge in [0.25, 0.3) is 15.9 Å². The first kappa shape index (κ1) is 19.4. The molecule has 0 saturated carbocycles. The normalized spacial score (nSPS) is 10.4. The molecule has 0 aromatic heterocycles. The van der Waals surface area contributed by atoms with E-state index >= 15 is 0 Å². The van der Waals surface area contributed by atoms with Crippen molar-refractivity contribution in [3.63, 3.8) is 0 Å². The van der Waals surface area contributed by atoms with Crippen LogP contribution < -0.4 is 4.72 Å². The highest BCUT2D eigenvalue weighted by molar-refractivity contribution is 9.10. The Hall–Kier alpha value is -2.88. The number of hydrogen-bond donors (Lipinski definition) is 1. The molecule has 9 heteroatoms. The zero-order valence-corrected chi connectivity index (χ0v) is 15.8. The van der Waals surface area contributed by atoms with Gasteiger partial charge >= 0.3 is 0 Å². The van der Waals surface area contributed by atoms with Crippen LogP contribution in [0.25, 0.3) is 0 Å². The van der Waals surface area contributed by atoms with Crippen LogP contribution in [0.15, 0.2) is 57.9 Å². The Morgan fingerprint density at radius 1 is 1.00 bits per heavy atom. The molecule has 0 aliphatic carbocycles. The standard InChI is InChI=1S/C17H13BrN4O3S/c18-14-3-7-16(8-4-14)26(24,25)21-15-5-1-13(2-6-15)17(23)22(11-9-19)12-10-20/h1-8,21H,11-12H2. The highest BCUT2D eigenvalue weighted by Gasteiger charge is 2.17. The summed E-state index contributed by atoms with van der Waals surface area (Å²) < 4.78 is 27.9. The molecule has 2 rings (SSSR count). The fraction of sp³-hybridized carbons (Fsp3) is 0.118. The van der Waals surface area contributed by atoms with Crippen molar-refractivity contribution in [1.82, 2.24) is 4.90 Å². The highest BCUT2D eigenvalue weighted by Crippen LogP contribution is 2.19. The lowest BCUT2D eigenvalue weighted by Crippen LogP contribution is -2.31. The fourth-order valence-corrected chi connectivity index (χ4v) is 3.38. The molecule has 0 aliphatic heterocycles. The SMILES string of the molecule is N#CCN(CC#N)C(=O)c1ccc(NS(=O)(=O)c2ccc(Br)cc2)cc1. The van der Waals surface area contributed by atoms with Crippen molar-refractivity contribution < 1.29 is 13.2 Å². The topological polar surface area (TPSA) is 114 Å². The van der Waals surface area contributed by atoms with Crippen LogP contribution in [-0.2, 0) is 10.0 Å². The van der Waals surface area contributed by atoms with Crippen molar-refractivity contribution in [3.8, 4) is 12.1 Å². The molecule has 2 aromatic carbocycles. The first-order chi connectivity index (χ1) is 12.4. The lowest BCUT2D eigenvalue weighted by Gasteiger charge is -2.16. The van der Waals surface area contributed by atoms with Crippen LogP contribution in [0.5, 0.6) is 0 Å². The van der Waals surface area contributed by atoms with Gasteiger partial charge in [0.15, 0.2) is 0 Å². The van der Waals surface area contributed by atoms with E-state index < -0.39 is 15.9 Å². The maximum absolute atomic E-state index is 12.3. The smallest absolute Gasteiger partial charge is 0.261 e. The molecule has 0 radical (unpaired) electrons. The number of carbonyl (C=O) groups is 1. The van der Waals surface area contributed by atoms with Crippen molar-refractivity contribution >= 4 is 37.5 Å². The maximum atomic E-state index is 12.3. The van der Waals surface area contributed by atoms with Crippen LogP contribution in [0.3, 0.4) is 0 Å². The zero-order valence-electron chi connectivity index (χ0n) is 13.4. The predicted octanol–water partition coefficient (Wildman–Crippen LogP) is 2.74. The van der Waals surface area contributed by atoms with E-state index in [1.54, 1.807) is 12.1 Å². The number of anilines is 1. The molecule has 0 bridgehead atoms. The zero-order chi connectivity index (χ0) is 19.2. The lowest BCUT2D eigenvalue weighted by molar-refractivity contribution is 0.0794.